The Balaban J connectivity index is 1.71. The van der Waals surface area contributed by atoms with Crippen LogP contribution in [-0.4, -0.2) is 69.0 Å². The number of H-pyrrole nitrogens is 1. The molecule has 44 heavy (non-hydrogen) atoms. The second-order valence-corrected chi connectivity index (χ2v) is 11.2. The van der Waals surface area contributed by atoms with Crippen molar-refractivity contribution in [3.63, 3.8) is 0 Å². The SMILES string of the molecule is CC(C)CC(NC(=O)C(CCC(N)=O)NC(=O)C(N)Cc1c[nH]c2ccccc12)C(=O)NC(Cc1ccc(O)cc1)C(=O)O. The van der Waals surface area contributed by atoms with Crippen LogP contribution in [-0.2, 0) is 36.8 Å². The first-order valence-electron chi connectivity index (χ1n) is 14.3. The molecule has 4 amide bonds. The number of amides is 4. The molecule has 0 fully saturated rings. The highest BCUT2D eigenvalue weighted by Gasteiger charge is 2.31. The van der Waals surface area contributed by atoms with E-state index < -0.39 is 53.8 Å². The fourth-order valence-electron chi connectivity index (χ4n) is 4.78. The Morgan fingerprint density at radius 2 is 1.45 bits per heavy atom. The summed E-state index contributed by atoms with van der Waals surface area (Å²) in [6.45, 7) is 3.65. The summed E-state index contributed by atoms with van der Waals surface area (Å²) >= 11 is 0. The van der Waals surface area contributed by atoms with Crippen LogP contribution in [0.1, 0.15) is 44.2 Å². The monoisotopic (exact) mass is 608 g/mol. The fourth-order valence-corrected chi connectivity index (χ4v) is 4.78. The summed E-state index contributed by atoms with van der Waals surface area (Å²) in [6.07, 6.45) is 1.69. The Hall–Kier alpha value is -4.91. The van der Waals surface area contributed by atoms with Gasteiger partial charge >= 0.3 is 5.97 Å². The van der Waals surface area contributed by atoms with Crippen LogP contribution < -0.4 is 27.4 Å². The van der Waals surface area contributed by atoms with Crippen LogP contribution in [0.4, 0.5) is 0 Å². The van der Waals surface area contributed by atoms with Gasteiger partial charge in [0.1, 0.15) is 23.9 Å². The van der Waals surface area contributed by atoms with Gasteiger partial charge in [0.05, 0.1) is 6.04 Å². The van der Waals surface area contributed by atoms with Crippen LogP contribution in [0.15, 0.2) is 54.7 Å². The van der Waals surface area contributed by atoms with Gasteiger partial charge in [0, 0.05) is 29.9 Å². The smallest absolute Gasteiger partial charge is 0.326 e. The molecule has 13 heteroatoms. The number of carbonyl (C=O) groups excluding carboxylic acids is 4. The van der Waals surface area contributed by atoms with Gasteiger partial charge in [-0.05, 0) is 54.5 Å². The van der Waals surface area contributed by atoms with E-state index >= 15 is 0 Å². The molecule has 0 radical (unpaired) electrons. The van der Waals surface area contributed by atoms with Gasteiger partial charge in [0.2, 0.25) is 23.6 Å². The van der Waals surface area contributed by atoms with Crippen molar-refractivity contribution in [3.8, 4) is 5.75 Å². The summed E-state index contributed by atoms with van der Waals surface area (Å²) < 4.78 is 0. The number of carboxylic acid groups (broad SMARTS) is 1. The maximum atomic E-state index is 13.4. The number of hydrogen-bond donors (Lipinski definition) is 8. The average molecular weight is 609 g/mol. The number of rotatable bonds is 16. The number of phenols is 1. The van der Waals surface area contributed by atoms with E-state index in [1.165, 1.54) is 12.1 Å². The number of benzene rings is 2. The molecule has 0 spiro atoms. The number of carboxylic acids is 1. The van der Waals surface area contributed by atoms with Crippen molar-refractivity contribution in [2.75, 3.05) is 0 Å². The van der Waals surface area contributed by atoms with Crippen LogP contribution >= 0.6 is 0 Å². The van der Waals surface area contributed by atoms with Crippen LogP contribution in [0.2, 0.25) is 0 Å². The van der Waals surface area contributed by atoms with E-state index in [-0.39, 0.29) is 43.8 Å². The lowest BCUT2D eigenvalue weighted by Gasteiger charge is -2.26. The zero-order valence-electron chi connectivity index (χ0n) is 24.7. The second kappa shape index (κ2) is 15.5. The molecule has 1 heterocycles. The summed E-state index contributed by atoms with van der Waals surface area (Å²) in [7, 11) is 0. The quantitative estimate of drug-likeness (QED) is 0.116. The van der Waals surface area contributed by atoms with Crippen molar-refractivity contribution in [1.82, 2.24) is 20.9 Å². The second-order valence-electron chi connectivity index (χ2n) is 11.2. The number of hydrogen-bond acceptors (Lipinski definition) is 7. The lowest BCUT2D eigenvalue weighted by molar-refractivity contribution is -0.142. The van der Waals surface area contributed by atoms with Crippen molar-refractivity contribution in [3.05, 3.63) is 65.9 Å². The highest BCUT2D eigenvalue weighted by molar-refractivity contribution is 5.94. The molecule has 0 saturated carbocycles. The number of para-hydroxylation sites is 1. The molecule has 0 aliphatic rings. The lowest BCUT2D eigenvalue weighted by Crippen LogP contribution is -2.57. The predicted octanol–water partition coefficient (Wildman–Crippen LogP) is 0.837. The molecule has 0 aliphatic heterocycles. The number of carbonyl (C=O) groups is 5. The van der Waals surface area contributed by atoms with Crippen molar-refractivity contribution >= 4 is 40.5 Å². The topological polar surface area (TPSA) is 230 Å². The van der Waals surface area contributed by atoms with Crippen molar-refractivity contribution < 1.29 is 34.2 Å². The maximum Gasteiger partial charge on any atom is 0.326 e. The molecule has 13 nitrogen and oxygen atoms in total. The number of aliphatic carboxylic acids is 1. The molecular formula is C31H40N6O7. The van der Waals surface area contributed by atoms with E-state index in [4.69, 9.17) is 11.5 Å². The Labute approximate surface area is 254 Å². The fraction of sp³-hybridized carbons (Fsp3) is 0.387. The van der Waals surface area contributed by atoms with Gasteiger partial charge in [-0.1, -0.05) is 44.2 Å². The number of phenolic OH excluding ortho intramolecular Hbond substituents is 1. The number of primary amides is 1. The summed E-state index contributed by atoms with van der Waals surface area (Å²) in [6, 6.07) is 8.72. The minimum absolute atomic E-state index is 0.0151. The van der Waals surface area contributed by atoms with Crippen LogP contribution in [0.5, 0.6) is 5.75 Å². The molecule has 3 aromatic rings. The first-order valence-corrected chi connectivity index (χ1v) is 14.3. The molecule has 4 unspecified atom stereocenters. The zero-order chi connectivity index (χ0) is 32.4. The Bertz CT molecular complexity index is 1470. The minimum Gasteiger partial charge on any atom is -0.508 e. The number of aromatic amines is 1. The van der Waals surface area contributed by atoms with Gasteiger partial charge in [-0.2, -0.15) is 0 Å². The molecule has 236 valence electrons. The Kier molecular flexibility index (Phi) is 11.9. The number of nitrogens with one attached hydrogen (secondary N) is 4. The average Bonchev–Trinajstić information content (AvgIpc) is 3.37. The van der Waals surface area contributed by atoms with Gasteiger partial charge in [-0.3, -0.25) is 19.2 Å². The summed E-state index contributed by atoms with van der Waals surface area (Å²) in [5.41, 5.74) is 13.8. The number of aromatic hydroxyl groups is 1. The molecule has 3 rings (SSSR count). The normalized spacial score (nSPS) is 13.9. The first-order chi connectivity index (χ1) is 20.8. The molecule has 0 aliphatic carbocycles. The highest BCUT2D eigenvalue weighted by Crippen LogP contribution is 2.19. The van der Waals surface area contributed by atoms with Crippen LogP contribution in [0.3, 0.4) is 0 Å². The van der Waals surface area contributed by atoms with Crippen molar-refractivity contribution in [1.29, 1.82) is 0 Å². The van der Waals surface area contributed by atoms with Crippen molar-refractivity contribution in [2.45, 2.75) is 70.1 Å². The molecule has 2 aromatic carbocycles. The predicted molar refractivity (Wildman–Crippen MR) is 163 cm³/mol. The van der Waals surface area contributed by atoms with E-state index in [1.807, 2.05) is 38.1 Å². The largest absolute Gasteiger partial charge is 0.508 e. The molecule has 0 bridgehead atoms. The number of nitrogens with two attached hydrogens (primary N) is 2. The van der Waals surface area contributed by atoms with E-state index in [0.29, 0.717) is 5.56 Å². The van der Waals surface area contributed by atoms with Crippen molar-refractivity contribution in [2.24, 2.45) is 17.4 Å². The summed E-state index contributed by atoms with van der Waals surface area (Å²) in [5, 5.41) is 27.8. The number of fused-ring (bicyclic) bond motifs is 1. The van der Waals surface area contributed by atoms with E-state index in [0.717, 1.165) is 16.5 Å². The first kappa shape index (κ1) is 33.6. The standard InChI is InChI=1S/C31H40N6O7/c1-17(2)13-25(30(42)37-26(31(43)44)14-18-7-9-20(38)10-8-18)36-29(41)24(11-12-27(33)39)35-28(40)22(32)15-19-16-34-23-6-4-3-5-21(19)23/h3-10,16-17,22,24-26,34,38H,11-15,32H2,1-2H3,(H2,33,39)(H,35,40)(H,36,41)(H,37,42)(H,43,44). The van der Waals surface area contributed by atoms with E-state index in [2.05, 4.69) is 20.9 Å². The molecule has 4 atom stereocenters. The van der Waals surface area contributed by atoms with Crippen LogP contribution in [0.25, 0.3) is 10.9 Å². The molecule has 10 N–H and O–H groups in total. The summed E-state index contributed by atoms with van der Waals surface area (Å²) in [4.78, 5) is 66.3. The van der Waals surface area contributed by atoms with Gasteiger partial charge in [-0.15, -0.1) is 0 Å². The van der Waals surface area contributed by atoms with E-state index in [9.17, 15) is 34.2 Å². The summed E-state index contributed by atoms with van der Waals surface area (Å²) in [5.74, 6) is -4.13. The van der Waals surface area contributed by atoms with E-state index in [1.54, 1.807) is 18.3 Å². The zero-order valence-corrected chi connectivity index (χ0v) is 24.7. The maximum absolute atomic E-state index is 13.4. The molecule has 0 saturated heterocycles. The highest BCUT2D eigenvalue weighted by atomic mass is 16.4. The van der Waals surface area contributed by atoms with Gasteiger partial charge < -0.3 is 42.6 Å². The Morgan fingerprint density at radius 3 is 2.09 bits per heavy atom. The Morgan fingerprint density at radius 1 is 0.841 bits per heavy atom. The third-order valence-corrected chi connectivity index (χ3v) is 7.09. The van der Waals surface area contributed by atoms with Gasteiger partial charge in [-0.25, -0.2) is 4.79 Å². The third kappa shape index (κ3) is 9.83. The van der Waals surface area contributed by atoms with Gasteiger partial charge in [0.25, 0.3) is 0 Å². The van der Waals surface area contributed by atoms with Gasteiger partial charge in [0.15, 0.2) is 0 Å². The lowest BCUT2D eigenvalue weighted by atomic mass is 10.00. The third-order valence-electron chi connectivity index (χ3n) is 7.09. The molecular weight excluding hydrogens is 568 g/mol. The minimum atomic E-state index is -1.31. The molecule has 1 aromatic heterocycles. The number of aromatic nitrogens is 1. The van der Waals surface area contributed by atoms with Crippen LogP contribution in [0, 0.1) is 5.92 Å².